The number of nitrogens with one attached hydrogen (secondary N) is 1. The molecule has 0 atom stereocenters. The Kier molecular flexibility index (Phi) is 5.32. The van der Waals surface area contributed by atoms with Crippen molar-refractivity contribution >= 4 is 15.9 Å². The zero-order valence-electron chi connectivity index (χ0n) is 15.5. The molecule has 28 heavy (non-hydrogen) atoms. The van der Waals surface area contributed by atoms with E-state index in [9.17, 15) is 13.2 Å². The van der Waals surface area contributed by atoms with Crippen molar-refractivity contribution in [2.24, 2.45) is 0 Å². The molecular formula is C20H23N3O4S. The van der Waals surface area contributed by atoms with Crippen LogP contribution in [0.15, 0.2) is 47.6 Å². The maximum atomic E-state index is 12.9. The van der Waals surface area contributed by atoms with E-state index in [0.717, 1.165) is 24.0 Å². The summed E-state index contributed by atoms with van der Waals surface area (Å²) in [6.45, 7) is 0.787. The number of carbonyl (C=O) groups excluding carboxylic acids is 1. The fourth-order valence-corrected chi connectivity index (χ4v) is 4.59. The van der Waals surface area contributed by atoms with E-state index in [1.807, 2.05) is 18.2 Å². The first-order chi connectivity index (χ1) is 13.5. The van der Waals surface area contributed by atoms with E-state index in [0.29, 0.717) is 24.6 Å². The average Bonchev–Trinajstić information content (AvgIpc) is 3.53. The van der Waals surface area contributed by atoms with Gasteiger partial charge in [0.1, 0.15) is 17.3 Å². The highest BCUT2D eigenvalue weighted by atomic mass is 32.2. The molecule has 1 aliphatic carbocycles. The number of benzene rings is 1. The first-order valence-corrected chi connectivity index (χ1v) is 10.9. The summed E-state index contributed by atoms with van der Waals surface area (Å²) in [5, 5.41) is 2.98. The predicted molar refractivity (Wildman–Crippen MR) is 103 cm³/mol. The van der Waals surface area contributed by atoms with Crippen molar-refractivity contribution in [2.45, 2.75) is 43.2 Å². The molecule has 0 spiro atoms. The molecular weight excluding hydrogens is 378 g/mol. The second-order valence-electron chi connectivity index (χ2n) is 7.16. The molecule has 0 bridgehead atoms. The summed E-state index contributed by atoms with van der Waals surface area (Å²) in [7, 11) is -3.65. The number of aromatic nitrogens is 1. The van der Waals surface area contributed by atoms with Crippen LogP contribution in [0, 0.1) is 0 Å². The van der Waals surface area contributed by atoms with Crippen LogP contribution in [0.4, 0.5) is 0 Å². The molecule has 1 aromatic carbocycles. The molecule has 7 nitrogen and oxygen atoms in total. The fourth-order valence-electron chi connectivity index (χ4n) is 3.22. The summed E-state index contributed by atoms with van der Waals surface area (Å²) < 4.78 is 33.0. The molecule has 0 saturated heterocycles. The molecule has 0 radical (unpaired) electrons. The predicted octanol–water partition coefficient (Wildman–Crippen LogP) is 1.88. The lowest BCUT2D eigenvalue weighted by Crippen LogP contribution is -2.32. The highest BCUT2D eigenvalue weighted by Gasteiger charge is 2.28. The van der Waals surface area contributed by atoms with E-state index in [-0.39, 0.29) is 30.5 Å². The van der Waals surface area contributed by atoms with Crippen molar-refractivity contribution < 1.29 is 17.9 Å². The number of rotatable bonds is 6. The number of fused-ring (bicyclic) bond motifs is 1. The van der Waals surface area contributed by atoms with Gasteiger partial charge >= 0.3 is 0 Å². The van der Waals surface area contributed by atoms with E-state index in [1.54, 1.807) is 18.3 Å². The number of hydrogen-bond acceptors (Lipinski definition) is 5. The molecule has 2 aliphatic rings. The molecule has 2 heterocycles. The lowest BCUT2D eigenvalue weighted by Gasteiger charge is -2.19. The molecule has 0 unspecified atom stereocenters. The molecule has 1 aromatic heterocycles. The molecule has 1 fully saturated rings. The summed E-state index contributed by atoms with van der Waals surface area (Å²) in [6.07, 6.45) is 6.09. The Balaban J connectivity index is 1.49. The number of ether oxygens (including phenoxy) is 1. The SMILES string of the molecule is O=C(CCc1ccc2c(c1)CN(S(=O)(=O)c1cccnc1)CCO2)NC1CC1. The number of sulfonamides is 1. The van der Waals surface area contributed by atoms with Gasteiger partial charge in [-0.1, -0.05) is 12.1 Å². The van der Waals surface area contributed by atoms with Gasteiger partial charge in [0.2, 0.25) is 15.9 Å². The Morgan fingerprint density at radius 1 is 1.29 bits per heavy atom. The number of hydrogen-bond donors (Lipinski definition) is 1. The van der Waals surface area contributed by atoms with Crippen molar-refractivity contribution in [1.82, 2.24) is 14.6 Å². The topological polar surface area (TPSA) is 88.6 Å². The average molecular weight is 401 g/mol. The number of amides is 1. The second-order valence-corrected chi connectivity index (χ2v) is 9.10. The Morgan fingerprint density at radius 2 is 2.14 bits per heavy atom. The first kappa shape index (κ1) is 18.9. The maximum absolute atomic E-state index is 12.9. The standard InChI is InChI=1S/C20H23N3O4S/c24-20(22-17-5-6-17)8-4-15-3-7-19-16(12-15)14-23(10-11-27-19)28(25,26)18-2-1-9-21-13-18/h1-3,7,9,12-13,17H,4-6,8,10-11,14H2,(H,22,24). The Morgan fingerprint density at radius 3 is 2.89 bits per heavy atom. The minimum atomic E-state index is -3.65. The lowest BCUT2D eigenvalue weighted by atomic mass is 10.1. The third-order valence-electron chi connectivity index (χ3n) is 4.93. The highest BCUT2D eigenvalue weighted by Crippen LogP contribution is 2.28. The van der Waals surface area contributed by atoms with Crippen LogP contribution in [0.5, 0.6) is 5.75 Å². The molecule has 4 rings (SSSR count). The van der Waals surface area contributed by atoms with Gasteiger partial charge in [-0.3, -0.25) is 9.78 Å². The van der Waals surface area contributed by atoms with Gasteiger partial charge in [0.25, 0.3) is 0 Å². The minimum Gasteiger partial charge on any atom is -0.492 e. The van der Waals surface area contributed by atoms with Crippen LogP contribution in [0.2, 0.25) is 0 Å². The van der Waals surface area contributed by atoms with Crippen LogP contribution in [0.1, 0.15) is 30.4 Å². The van der Waals surface area contributed by atoms with Crippen molar-refractivity contribution in [1.29, 1.82) is 0 Å². The molecule has 1 saturated carbocycles. The normalized spacial score (nSPS) is 17.3. The number of aryl methyl sites for hydroxylation is 1. The smallest absolute Gasteiger partial charge is 0.245 e. The molecule has 8 heteroatoms. The van der Waals surface area contributed by atoms with Crippen molar-refractivity contribution in [3.05, 3.63) is 53.9 Å². The van der Waals surface area contributed by atoms with Gasteiger partial charge in [-0.2, -0.15) is 4.31 Å². The van der Waals surface area contributed by atoms with Gasteiger partial charge in [0.15, 0.2) is 0 Å². The summed E-state index contributed by atoms with van der Waals surface area (Å²) in [4.78, 5) is 16.0. The maximum Gasteiger partial charge on any atom is 0.245 e. The van der Waals surface area contributed by atoms with E-state index in [2.05, 4.69) is 10.3 Å². The Hall–Kier alpha value is -2.45. The van der Waals surface area contributed by atoms with Crippen LogP contribution < -0.4 is 10.1 Å². The fraction of sp³-hybridized carbons (Fsp3) is 0.400. The highest BCUT2D eigenvalue weighted by molar-refractivity contribution is 7.89. The monoisotopic (exact) mass is 401 g/mol. The number of pyridine rings is 1. The van der Waals surface area contributed by atoms with E-state index in [4.69, 9.17) is 4.74 Å². The molecule has 2 aromatic rings. The van der Waals surface area contributed by atoms with Crippen molar-refractivity contribution in [2.75, 3.05) is 13.2 Å². The summed E-state index contributed by atoms with van der Waals surface area (Å²) >= 11 is 0. The van der Waals surface area contributed by atoms with Crippen LogP contribution in [-0.4, -0.2) is 42.8 Å². The van der Waals surface area contributed by atoms with Crippen LogP contribution in [0.3, 0.4) is 0 Å². The summed E-state index contributed by atoms with van der Waals surface area (Å²) in [5.41, 5.74) is 1.80. The third-order valence-corrected chi connectivity index (χ3v) is 6.75. The van der Waals surface area contributed by atoms with Gasteiger partial charge in [-0.05, 0) is 43.0 Å². The van der Waals surface area contributed by atoms with Crippen LogP contribution in [-0.2, 0) is 27.8 Å². The Labute approximate surface area is 164 Å². The molecule has 1 N–H and O–H groups in total. The molecule has 1 amide bonds. The van der Waals surface area contributed by atoms with Crippen LogP contribution >= 0.6 is 0 Å². The van der Waals surface area contributed by atoms with E-state index in [1.165, 1.54) is 10.5 Å². The zero-order chi connectivity index (χ0) is 19.6. The zero-order valence-corrected chi connectivity index (χ0v) is 16.3. The third kappa shape index (κ3) is 4.34. The molecule has 148 valence electrons. The van der Waals surface area contributed by atoms with Gasteiger partial charge in [-0.25, -0.2) is 8.42 Å². The number of carbonyl (C=O) groups is 1. The second kappa shape index (κ2) is 7.89. The number of nitrogens with zero attached hydrogens (tertiary/aromatic N) is 2. The van der Waals surface area contributed by atoms with E-state index < -0.39 is 10.0 Å². The molecule has 1 aliphatic heterocycles. The first-order valence-electron chi connectivity index (χ1n) is 9.46. The van der Waals surface area contributed by atoms with Crippen molar-refractivity contribution in [3.63, 3.8) is 0 Å². The minimum absolute atomic E-state index is 0.0643. The van der Waals surface area contributed by atoms with Gasteiger partial charge in [0.05, 0.1) is 0 Å². The largest absolute Gasteiger partial charge is 0.492 e. The van der Waals surface area contributed by atoms with Gasteiger partial charge in [0, 0.05) is 43.5 Å². The lowest BCUT2D eigenvalue weighted by molar-refractivity contribution is -0.121. The van der Waals surface area contributed by atoms with Crippen molar-refractivity contribution in [3.8, 4) is 5.75 Å². The van der Waals surface area contributed by atoms with Gasteiger partial charge in [-0.15, -0.1) is 0 Å². The van der Waals surface area contributed by atoms with Gasteiger partial charge < -0.3 is 10.1 Å². The summed E-state index contributed by atoms with van der Waals surface area (Å²) in [5.74, 6) is 0.754. The quantitative estimate of drug-likeness (QED) is 0.798. The summed E-state index contributed by atoms with van der Waals surface area (Å²) in [6, 6.07) is 9.26. The Bertz CT molecular complexity index is 959. The van der Waals surface area contributed by atoms with E-state index >= 15 is 0 Å². The van der Waals surface area contributed by atoms with Crippen LogP contribution in [0.25, 0.3) is 0 Å².